The first-order valence-electron chi connectivity index (χ1n) is 7.52. The van der Waals surface area contributed by atoms with Crippen molar-refractivity contribution >= 4 is 51.7 Å². The van der Waals surface area contributed by atoms with E-state index in [9.17, 15) is 9.59 Å². The predicted octanol–water partition coefficient (Wildman–Crippen LogP) is 2.31. The second kappa shape index (κ2) is 6.74. The number of nitrogens with zero attached hydrogens (tertiary/aromatic N) is 2. The zero-order chi connectivity index (χ0) is 17.3. The highest BCUT2D eigenvalue weighted by atomic mass is 32.2. The van der Waals surface area contributed by atoms with Crippen molar-refractivity contribution in [1.82, 2.24) is 14.7 Å². The highest BCUT2D eigenvalue weighted by molar-refractivity contribution is 8.26. The maximum Gasteiger partial charge on any atom is 0.267 e. The van der Waals surface area contributed by atoms with Gasteiger partial charge in [0.05, 0.1) is 10.5 Å². The smallest absolute Gasteiger partial charge is 0.267 e. The highest BCUT2D eigenvalue weighted by Gasteiger charge is 2.24. The van der Waals surface area contributed by atoms with E-state index in [1.165, 1.54) is 4.40 Å². The van der Waals surface area contributed by atoms with Crippen LogP contribution in [0.4, 0.5) is 5.82 Å². The molecular formula is C16H16N4O2S2. The van der Waals surface area contributed by atoms with Gasteiger partial charge in [-0.2, -0.15) is 0 Å². The minimum absolute atomic E-state index is 0.221. The van der Waals surface area contributed by atoms with E-state index >= 15 is 0 Å². The molecule has 0 aromatic carbocycles. The van der Waals surface area contributed by atoms with Crippen LogP contribution in [0, 0.1) is 6.92 Å². The predicted molar refractivity (Wildman–Crippen MR) is 101 cm³/mol. The number of aromatic nitrogens is 2. The molecule has 24 heavy (non-hydrogen) atoms. The van der Waals surface area contributed by atoms with E-state index in [2.05, 4.69) is 15.6 Å². The lowest BCUT2D eigenvalue weighted by molar-refractivity contribution is -0.115. The normalized spacial score (nSPS) is 16.0. The first-order valence-corrected chi connectivity index (χ1v) is 8.74. The zero-order valence-electron chi connectivity index (χ0n) is 13.3. The van der Waals surface area contributed by atoms with Gasteiger partial charge in [-0.05, 0) is 31.1 Å². The molecule has 2 aromatic heterocycles. The van der Waals surface area contributed by atoms with Crippen LogP contribution in [0.5, 0.6) is 0 Å². The van der Waals surface area contributed by atoms with E-state index in [1.54, 1.807) is 18.3 Å². The number of carbonyl (C=O) groups excluding carboxylic acids is 1. The Labute approximate surface area is 148 Å². The van der Waals surface area contributed by atoms with Crippen LogP contribution < -0.4 is 16.2 Å². The average Bonchev–Trinajstić information content (AvgIpc) is 2.87. The molecule has 0 saturated carbocycles. The summed E-state index contributed by atoms with van der Waals surface area (Å²) in [5.74, 6) is 0.190. The molecule has 1 fully saturated rings. The van der Waals surface area contributed by atoms with E-state index in [1.807, 2.05) is 19.9 Å². The van der Waals surface area contributed by atoms with Crippen molar-refractivity contribution < 1.29 is 4.79 Å². The molecule has 3 rings (SSSR count). The maximum atomic E-state index is 12.9. The Hall–Kier alpha value is -2.19. The van der Waals surface area contributed by atoms with Gasteiger partial charge in [-0.1, -0.05) is 37.0 Å². The summed E-state index contributed by atoms with van der Waals surface area (Å²) in [5, 5.41) is 5.73. The van der Waals surface area contributed by atoms with Gasteiger partial charge < -0.3 is 10.6 Å². The SMILES string of the molecule is CCCNc1nc2c(C)cccn2c(=O)c1C=C1SC(=S)NC1=O. The fraction of sp³-hybridized carbons (Fsp3) is 0.250. The van der Waals surface area contributed by atoms with Crippen molar-refractivity contribution in [2.24, 2.45) is 0 Å². The summed E-state index contributed by atoms with van der Waals surface area (Å²) in [5.41, 5.74) is 1.64. The van der Waals surface area contributed by atoms with Gasteiger partial charge >= 0.3 is 0 Å². The van der Waals surface area contributed by atoms with Crippen molar-refractivity contribution in [1.29, 1.82) is 0 Å². The molecular weight excluding hydrogens is 344 g/mol. The van der Waals surface area contributed by atoms with Crippen molar-refractivity contribution in [3.8, 4) is 0 Å². The lowest BCUT2D eigenvalue weighted by Crippen LogP contribution is -2.22. The molecule has 1 amide bonds. The molecule has 1 aliphatic rings. The van der Waals surface area contributed by atoms with Crippen molar-refractivity contribution in [2.45, 2.75) is 20.3 Å². The monoisotopic (exact) mass is 360 g/mol. The number of anilines is 1. The minimum atomic E-state index is -0.291. The number of pyridine rings is 1. The molecule has 6 nitrogen and oxygen atoms in total. The molecule has 3 heterocycles. The second-order valence-electron chi connectivity index (χ2n) is 5.34. The summed E-state index contributed by atoms with van der Waals surface area (Å²) in [7, 11) is 0. The summed E-state index contributed by atoms with van der Waals surface area (Å²) >= 11 is 6.14. The van der Waals surface area contributed by atoms with E-state index < -0.39 is 0 Å². The molecule has 0 spiro atoms. The molecule has 2 aromatic rings. The molecule has 0 bridgehead atoms. The third-order valence-corrected chi connectivity index (χ3v) is 4.71. The minimum Gasteiger partial charge on any atom is -0.369 e. The van der Waals surface area contributed by atoms with Crippen LogP contribution in [-0.2, 0) is 4.79 Å². The Morgan fingerprint density at radius 2 is 2.25 bits per heavy atom. The number of rotatable bonds is 4. The third kappa shape index (κ3) is 3.07. The number of hydrogen-bond acceptors (Lipinski definition) is 6. The highest BCUT2D eigenvalue weighted by Crippen LogP contribution is 2.27. The molecule has 0 radical (unpaired) electrons. The van der Waals surface area contributed by atoms with Gasteiger partial charge in [-0.15, -0.1) is 0 Å². The van der Waals surface area contributed by atoms with Gasteiger partial charge in [0.2, 0.25) is 0 Å². The summed E-state index contributed by atoms with van der Waals surface area (Å²) in [4.78, 5) is 29.8. The van der Waals surface area contributed by atoms with E-state index in [0.29, 0.717) is 32.8 Å². The number of thioether (sulfide) groups is 1. The van der Waals surface area contributed by atoms with E-state index in [4.69, 9.17) is 12.2 Å². The number of aryl methyl sites for hydroxylation is 1. The summed E-state index contributed by atoms with van der Waals surface area (Å²) in [6, 6.07) is 3.70. The molecule has 124 valence electrons. The van der Waals surface area contributed by atoms with Crippen molar-refractivity contribution in [3.63, 3.8) is 0 Å². The van der Waals surface area contributed by atoms with Crippen molar-refractivity contribution in [2.75, 3.05) is 11.9 Å². The first kappa shape index (κ1) is 16.7. The van der Waals surface area contributed by atoms with Crippen LogP contribution >= 0.6 is 24.0 Å². The average molecular weight is 360 g/mol. The molecule has 1 aliphatic heterocycles. The zero-order valence-corrected chi connectivity index (χ0v) is 14.9. The lowest BCUT2D eigenvalue weighted by Gasteiger charge is -2.11. The van der Waals surface area contributed by atoms with Gasteiger partial charge in [0.15, 0.2) is 0 Å². The van der Waals surface area contributed by atoms with E-state index in [-0.39, 0.29) is 11.5 Å². The molecule has 0 aliphatic carbocycles. The number of nitrogens with one attached hydrogen (secondary N) is 2. The second-order valence-corrected chi connectivity index (χ2v) is 7.06. The van der Waals surface area contributed by atoms with Gasteiger partial charge in [0.25, 0.3) is 11.5 Å². The van der Waals surface area contributed by atoms with Crippen molar-refractivity contribution in [3.05, 3.63) is 44.7 Å². The quantitative estimate of drug-likeness (QED) is 0.644. The Bertz CT molecular complexity index is 934. The van der Waals surface area contributed by atoms with Crippen LogP contribution in [0.15, 0.2) is 28.0 Å². The number of thiocarbonyl (C=S) groups is 1. The van der Waals surface area contributed by atoms with Crippen LogP contribution in [0.1, 0.15) is 24.5 Å². The summed E-state index contributed by atoms with van der Waals surface area (Å²) in [6.45, 7) is 4.62. The summed E-state index contributed by atoms with van der Waals surface area (Å²) < 4.78 is 1.88. The number of carbonyl (C=O) groups is 1. The maximum absolute atomic E-state index is 12.9. The lowest BCUT2D eigenvalue weighted by atomic mass is 10.2. The van der Waals surface area contributed by atoms with Crippen LogP contribution in [0.3, 0.4) is 0 Å². The Morgan fingerprint density at radius 1 is 1.46 bits per heavy atom. The van der Waals surface area contributed by atoms with Crippen LogP contribution in [0.2, 0.25) is 0 Å². The molecule has 0 unspecified atom stereocenters. The fourth-order valence-electron chi connectivity index (χ4n) is 2.37. The standard InChI is InChI=1S/C16H16N4O2S2/c1-3-6-17-12-10(8-11-14(21)19-16(23)24-11)15(22)20-7-4-5-9(2)13(20)18-12/h4-5,7-8,17H,3,6H2,1-2H3,(H,19,21,23). The Balaban J connectivity index is 2.23. The number of amides is 1. The fourth-order valence-corrected chi connectivity index (χ4v) is 3.40. The molecule has 0 atom stereocenters. The molecule has 1 saturated heterocycles. The number of hydrogen-bond donors (Lipinski definition) is 2. The Kier molecular flexibility index (Phi) is 4.68. The largest absolute Gasteiger partial charge is 0.369 e. The topological polar surface area (TPSA) is 75.5 Å². The van der Waals surface area contributed by atoms with Gasteiger partial charge in [0.1, 0.15) is 15.8 Å². The van der Waals surface area contributed by atoms with Crippen LogP contribution in [-0.4, -0.2) is 26.2 Å². The molecule has 8 heteroatoms. The number of fused-ring (bicyclic) bond motifs is 1. The van der Waals surface area contributed by atoms with E-state index in [0.717, 1.165) is 23.7 Å². The van der Waals surface area contributed by atoms with Gasteiger partial charge in [-0.25, -0.2) is 4.98 Å². The van der Waals surface area contributed by atoms with Gasteiger partial charge in [0, 0.05) is 12.7 Å². The third-order valence-electron chi connectivity index (χ3n) is 3.54. The van der Waals surface area contributed by atoms with Crippen LogP contribution in [0.25, 0.3) is 11.7 Å². The van der Waals surface area contributed by atoms with Gasteiger partial charge in [-0.3, -0.25) is 14.0 Å². The summed E-state index contributed by atoms with van der Waals surface area (Å²) in [6.07, 6.45) is 4.13. The Morgan fingerprint density at radius 3 is 2.92 bits per heavy atom. The molecule has 2 N–H and O–H groups in total. The first-order chi connectivity index (χ1) is 11.5.